The molecule has 34 heavy (non-hydrogen) atoms. The highest BCUT2D eigenvalue weighted by atomic mass is 15.1. The Hall–Kier alpha value is -1.72. The molecule has 0 aromatic heterocycles. The number of benzene rings is 2. The van der Waals surface area contributed by atoms with Gasteiger partial charge in [-0.15, -0.1) is 0 Å². The number of hydrogen-bond acceptors (Lipinski definition) is 4. The number of unbranched alkanes of at least 4 members (excludes halogenated alkanes) is 2. The van der Waals surface area contributed by atoms with E-state index < -0.39 is 0 Å². The molecule has 1 aliphatic carbocycles. The van der Waals surface area contributed by atoms with Gasteiger partial charge in [-0.05, 0) is 109 Å². The molecule has 188 valence electrons. The Kier molecular flexibility index (Phi) is 12.1. The number of nitrogens with zero attached hydrogens (tertiary/aromatic N) is 3. The van der Waals surface area contributed by atoms with Crippen molar-refractivity contribution in [2.45, 2.75) is 45.2 Å². The molecule has 0 aliphatic heterocycles. The maximum absolute atomic E-state index is 3.72. The van der Waals surface area contributed by atoms with Crippen LogP contribution in [0.25, 0.3) is 0 Å². The zero-order valence-corrected chi connectivity index (χ0v) is 22.0. The van der Waals surface area contributed by atoms with Crippen molar-refractivity contribution in [3.05, 3.63) is 71.8 Å². The fourth-order valence-electron chi connectivity index (χ4n) is 4.91. The van der Waals surface area contributed by atoms with Gasteiger partial charge in [-0.25, -0.2) is 0 Å². The van der Waals surface area contributed by atoms with Crippen LogP contribution in [-0.4, -0.2) is 75.1 Å². The van der Waals surface area contributed by atoms with E-state index in [1.54, 1.807) is 0 Å². The van der Waals surface area contributed by atoms with Gasteiger partial charge in [0.25, 0.3) is 0 Å². The van der Waals surface area contributed by atoms with Crippen molar-refractivity contribution in [2.24, 2.45) is 11.8 Å². The molecule has 0 bridgehead atoms. The molecule has 2 aromatic carbocycles. The molecule has 4 nitrogen and oxygen atoms in total. The summed E-state index contributed by atoms with van der Waals surface area (Å²) in [5.41, 5.74) is 2.81. The summed E-state index contributed by atoms with van der Waals surface area (Å²) >= 11 is 0. The first-order valence-corrected chi connectivity index (χ1v) is 13.4. The Morgan fingerprint density at radius 1 is 0.647 bits per heavy atom. The van der Waals surface area contributed by atoms with Crippen molar-refractivity contribution in [2.75, 3.05) is 60.4 Å². The van der Waals surface area contributed by atoms with E-state index in [2.05, 4.69) is 102 Å². The zero-order chi connectivity index (χ0) is 24.0. The van der Waals surface area contributed by atoms with E-state index in [1.165, 1.54) is 76.0 Å². The molecule has 0 amide bonds. The van der Waals surface area contributed by atoms with Gasteiger partial charge in [0.05, 0.1) is 0 Å². The standard InChI is InChI=1S/C30H48N4/c1-32(24-27-14-6-4-7-15-27)19-11-10-18-31-23-29-22-30(29)26-34(3)21-13-12-20-33(2)25-28-16-8-5-9-17-28/h4-9,14-17,29-31H,10-13,18-26H2,1-3H3. The van der Waals surface area contributed by atoms with Crippen molar-refractivity contribution in [3.63, 3.8) is 0 Å². The molecule has 0 heterocycles. The van der Waals surface area contributed by atoms with E-state index in [9.17, 15) is 0 Å². The average Bonchev–Trinajstić information content (AvgIpc) is 3.57. The second kappa shape index (κ2) is 15.3. The third-order valence-electron chi connectivity index (χ3n) is 7.09. The smallest absolute Gasteiger partial charge is 0.0230 e. The lowest BCUT2D eigenvalue weighted by molar-refractivity contribution is 0.280. The summed E-state index contributed by atoms with van der Waals surface area (Å²) in [6.45, 7) is 9.34. The lowest BCUT2D eigenvalue weighted by Crippen LogP contribution is -2.26. The summed E-state index contributed by atoms with van der Waals surface area (Å²) in [5, 5.41) is 3.72. The van der Waals surface area contributed by atoms with Crippen molar-refractivity contribution >= 4 is 0 Å². The first-order chi connectivity index (χ1) is 16.6. The van der Waals surface area contributed by atoms with Gasteiger partial charge < -0.3 is 20.0 Å². The van der Waals surface area contributed by atoms with Crippen LogP contribution in [0.1, 0.15) is 43.2 Å². The number of hydrogen-bond donors (Lipinski definition) is 1. The SMILES string of the molecule is CN(CCCCNCC1CC1CN(C)CCCCN(C)Cc1ccccc1)Cc1ccccc1. The minimum atomic E-state index is 0.903. The van der Waals surface area contributed by atoms with Gasteiger partial charge in [-0.2, -0.15) is 0 Å². The fourth-order valence-corrected chi connectivity index (χ4v) is 4.91. The molecule has 1 saturated carbocycles. The highest BCUT2D eigenvalue weighted by molar-refractivity contribution is 5.15. The van der Waals surface area contributed by atoms with Gasteiger partial charge in [0.15, 0.2) is 0 Å². The van der Waals surface area contributed by atoms with Crippen LogP contribution in [0, 0.1) is 11.8 Å². The molecule has 4 heteroatoms. The minimum absolute atomic E-state index is 0.903. The first-order valence-electron chi connectivity index (χ1n) is 13.4. The summed E-state index contributed by atoms with van der Waals surface area (Å²) in [6.07, 6.45) is 6.54. The molecule has 2 unspecified atom stereocenters. The van der Waals surface area contributed by atoms with Crippen LogP contribution in [0.2, 0.25) is 0 Å². The Balaban J connectivity index is 1.12. The molecule has 1 fully saturated rings. The Bertz CT molecular complexity index is 766. The van der Waals surface area contributed by atoms with Gasteiger partial charge in [-0.1, -0.05) is 60.7 Å². The second-order valence-corrected chi connectivity index (χ2v) is 10.6. The second-order valence-electron chi connectivity index (χ2n) is 10.6. The highest BCUT2D eigenvalue weighted by Gasteiger charge is 2.36. The molecular weight excluding hydrogens is 416 g/mol. The van der Waals surface area contributed by atoms with Crippen LogP contribution in [0.4, 0.5) is 0 Å². The third-order valence-corrected chi connectivity index (χ3v) is 7.09. The summed E-state index contributed by atoms with van der Waals surface area (Å²) in [6, 6.07) is 21.6. The lowest BCUT2D eigenvalue weighted by Gasteiger charge is -2.19. The molecule has 3 rings (SSSR count). The molecule has 1 aliphatic rings. The first kappa shape index (κ1) is 26.9. The van der Waals surface area contributed by atoms with Gasteiger partial charge in [0.1, 0.15) is 0 Å². The summed E-state index contributed by atoms with van der Waals surface area (Å²) in [7, 11) is 6.78. The average molecular weight is 465 g/mol. The number of rotatable bonds is 18. The highest BCUT2D eigenvalue weighted by Crippen LogP contribution is 2.38. The minimum Gasteiger partial charge on any atom is -0.316 e. The largest absolute Gasteiger partial charge is 0.316 e. The molecule has 0 saturated heterocycles. The van der Waals surface area contributed by atoms with Crippen molar-refractivity contribution < 1.29 is 0 Å². The topological polar surface area (TPSA) is 21.8 Å². The monoisotopic (exact) mass is 464 g/mol. The molecule has 2 aromatic rings. The summed E-state index contributed by atoms with van der Waals surface area (Å²) < 4.78 is 0. The van der Waals surface area contributed by atoms with E-state index in [0.717, 1.165) is 31.5 Å². The molecule has 0 radical (unpaired) electrons. The van der Waals surface area contributed by atoms with Crippen LogP contribution in [0.5, 0.6) is 0 Å². The number of nitrogens with one attached hydrogen (secondary N) is 1. The maximum atomic E-state index is 3.72. The maximum Gasteiger partial charge on any atom is 0.0230 e. The van der Waals surface area contributed by atoms with E-state index in [0.29, 0.717) is 0 Å². The predicted octanol–water partition coefficient (Wildman–Crippen LogP) is 4.97. The Morgan fingerprint density at radius 3 is 1.71 bits per heavy atom. The van der Waals surface area contributed by atoms with E-state index in [-0.39, 0.29) is 0 Å². The summed E-state index contributed by atoms with van der Waals surface area (Å²) in [4.78, 5) is 7.44. The molecule has 1 N–H and O–H groups in total. The fraction of sp³-hybridized carbons (Fsp3) is 0.600. The van der Waals surface area contributed by atoms with Crippen LogP contribution in [0.15, 0.2) is 60.7 Å². The van der Waals surface area contributed by atoms with Gasteiger partial charge in [0.2, 0.25) is 0 Å². The zero-order valence-electron chi connectivity index (χ0n) is 22.0. The van der Waals surface area contributed by atoms with Crippen LogP contribution >= 0.6 is 0 Å². The van der Waals surface area contributed by atoms with Crippen molar-refractivity contribution in [1.29, 1.82) is 0 Å². The van der Waals surface area contributed by atoms with Crippen LogP contribution in [-0.2, 0) is 13.1 Å². The van der Waals surface area contributed by atoms with Gasteiger partial charge in [-0.3, -0.25) is 0 Å². The van der Waals surface area contributed by atoms with E-state index in [1.807, 2.05) is 0 Å². The molecular formula is C30H48N4. The summed E-state index contributed by atoms with van der Waals surface area (Å²) in [5.74, 6) is 1.82. The molecule has 2 atom stereocenters. The van der Waals surface area contributed by atoms with Crippen molar-refractivity contribution in [1.82, 2.24) is 20.0 Å². The lowest BCUT2D eigenvalue weighted by atomic mass is 10.2. The van der Waals surface area contributed by atoms with E-state index in [4.69, 9.17) is 0 Å². The van der Waals surface area contributed by atoms with Crippen molar-refractivity contribution in [3.8, 4) is 0 Å². The van der Waals surface area contributed by atoms with Crippen LogP contribution < -0.4 is 5.32 Å². The Morgan fingerprint density at radius 2 is 1.15 bits per heavy atom. The third kappa shape index (κ3) is 11.1. The van der Waals surface area contributed by atoms with Gasteiger partial charge in [0, 0.05) is 19.6 Å². The quantitative estimate of drug-likeness (QED) is 0.315. The van der Waals surface area contributed by atoms with Crippen LogP contribution in [0.3, 0.4) is 0 Å². The molecule has 0 spiro atoms. The Labute approximate surface area is 209 Å². The normalized spacial score (nSPS) is 17.7. The van der Waals surface area contributed by atoms with Gasteiger partial charge >= 0.3 is 0 Å². The predicted molar refractivity (Wildman–Crippen MR) is 146 cm³/mol. The van der Waals surface area contributed by atoms with E-state index >= 15 is 0 Å².